The van der Waals surface area contributed by atoms with Crippen molar-refractivity contribution in [3.63, 3.8) is 0 Å². The minimum atomic E-state index is -1.81. The second-order valence-electron chi connectivity index (χ2n) is 13.8. The molecule has 0 aromatic carbocycles. The van der Waals surface area contributed by atoms with E-state index in [1.54, 1.807) is 0 Å². The van der Waals surface area contributed by atoms with Gasteiger partial charge in [-0.1, -0.05) is 66.3 Å². The first-order valence-corrected chi connectivity index (χ1v) is 28.5. The van der Waals surface area contributed by atoms with E-state index >= 15 is 0 Å². The normalized spacial score (nSPS) is 14.9. The van der Waals surface area contributed by atoms with Gasteiger partial charge in [-0.25, -0.2) is 0 Å². The molecule has 0 atom stereocenters. The highest BCUT2D eigenvalue weighted by Crippen LogP contribution is 2.37. The van der Waals surface area contributed by atoms with Crippen LogP contribution in [-0.4, -0.2) is 59.8 Å². The highest BCUT2D eigenvalue weighted by molar-refractivity contribution is 6.83. The van der Waals surface area contributed by atoms with Gasteiger partial charge in [0.25, 0.3) is 0 Å². The Labute approximate surface area is 201 Å². The fourth-order valence-electron chi connectivity index (χ4n) is 4.38. The second-order valence-corrected chi connectivity index (χ2v) is 37.0. The van der Waals surface area contributed by atoms with Crippen LogP contribution in [0.3, 0.4) is 0 Å². The number of hydrogen-bond acceptors (Lipinski definition) is 3. The van der Waals surface area contributed by atoms with Gasteiger partial charge in [-0.2, -0.15) is 0 Å². The molecule has 0 aliphatic carbocycles. The third kappa shape index (κ3) is 14.1. The summed E-state index contributed by atoms with van der Waals surface area (Å²) < 4.78 is 20.2. The summed E-state index contributed by atoms with van der Waals surface area (Å²) in [7, 11) is -7.81. The van der Waals surface area contributed by atoms with Gasteiger partial charge in [-0.15, -0.1) is 0 Å². The molecule has 188 valence electrons. The standard InChI is InChI=1S/C23H58O3Si5/c1-15-28(9,10)24-20-31(17-3,21-25-29(11,12)16-2)22-26-30(13,14)19-23(4,5)18-27(6,7)8/h15-22H2,1-14H3. The maximum absolute atomic E-state index is 6.92. The lowest BCUT2D eigenvalue weighted by atomic mass is 10.00. The molecule has 0 aromatic rings. The van der Waals surface area contributed by atoms with Crippen molar-refractivity contribution >= 4 is 41.1 Å². The zero-order chi connectivity index (χ0) is 24.8. The Hall–Kier alpha value is 0.964. The van der Waals surface area contributed by atoms with Crippen LogP contribution in [0, 0.1) is 5.41 Å². The molecule has 0 N–H and O–H groups in total. The van der Waals surface area contributed by atoms with Crippen LogP contribution >= 0.6 is 0 Å². The summed E-state index contributed by atoms with van der Waals surface area (Å²) in [5, 5.41) is 0. The maximum Gasteiger partial charge on any atom is 0.186 e. The van der Waals surface area contributed by atoms with Gasteiger partial charge in [-0.3, -0.25) is 0 Å². The van der Waals surface area contributed by atoms with Crippen LogP contribution in [0.4, 0.5) is 0 Å². The van der Waals surface area contributed by atoms with Crippen molar-refractivity contribution < 1.29 is 13.3 Å². The Morgan fingerprint density at radius 3 is 1.16 bits per heavy atom. The predicted octanol–water partition coefficient (Wildman–Crippen LogP) is 8.14. The first-order chi connectivity index (χ1) is 13.7. The van der Waals surface area contributed by atoms with Crippen molar-refractivity contribution in [2.45, 2.75) is 124 Å². The lowest BCUT2D eigenvalue weighted by molar-refractivity contribution is 0.294. The molecule has 0 saturated heterocycles. The summed E-state index contributed by atoms with van der Waals surface area (Å²) in [4.78, 5) is 0. The Kier molecular flexibility index (Phi) is 12.5. The first kappa shape index (κ1) is 32.0. The second kappa shape index (κ2) is 12.1. The van der Waals surface area contributed by atoms with Crippen molar-refractivity contribution in [1.29, 1.82) is 0 Å². The van der Waals surface area contributed by atoms with E-state index in [-0.39, 0.29) is 0 Å². The van der Waals surface area contributed by atoms with Crippen molar-refractivity contribution in [1.82, 2.24) is 0 Å². The van der Waals surface area contributed by atoms with Gasteiger partial charge < -0.3 is 13.3 Å². The molecule has 0 fully saturated rings. The molecule has 31 heavy (non-hydrogen) atoms. The third-order valence-corrected chi connectivity index (χ3v) is 21.3. The summed E-state index contributed by atoms with van der Waals surface area (Å²) >= 11 is 0. The molecule has 0 aliphatic rings. The Morgan fingerprint density at radius 1 is 0.516 bits per heavy atom. The average Bonchev–Trinajstić information content (AvgIpc) is 2.58. The van der Waals surface area contributed by atoms with Crippen molar-refractivity contribution in [2.75, 3.05) is 18.7 Å². The van der Waals surface area contributed by atoms with E-state index in [4.69, 9.17) is 13.3 Å². The van der Waals surface area contributed by atoms with Crippen molar-refractivity contribution in [3.05, 3.63) is 0 Å². The van der Waals surface area contributed by atoms with E-state index in [0.29, 0.717) is 5.41 Å². The molecule has 0 saturated carbocycles. The average molecular weight is 523 g/mol. The van der Waals surface area contributed by atoms with Gasteiger partial charge in [0.2, 0.25) is 0 Å². The maximum atomic E-state index is 6.92. The summed E-state index contributed by atoms with van der Waals surface area (Å²) in [6.45, 7) is 33.6. The van der Waals surface area contributed by atoms with E-state index in [9.17, 15) is 0 Å². The molecule has 8 heteroatoms. The minimum absolute atomic E-state index is 0.373. The van der Waals surface area contributed by atoms with Gasteiger partial charge in [0.05, 0.1) is 0 Å². The summed E-state index contributed by atoms with van der Waals surface area (Å²) in [6, 6.07) is 6.13. The summed E-state index contributed by atoms with van der Waals surface area (Å²) in [5.41, 5.74) is 0.373. The zero-order valence-electron chi connectivity index (χ0n) is 23.9. The smallest absolute Gasteiger partial charge is 0.186 e. The van der Waals surface area contributed by atoms with Gasteiger partial charge in [0, 0.05) is 26.8 Å². The van der Waals surface area contributed by atoms with Gasteiger partial charge >= 0.3 is 0 Å². The van der Waals surface area contributed by atoms with E-state index in [2.05, 4.69) is 93.5 Å². The SMILES string of the molecule is CC[Si](CO[Si](C)(C)CC)(CO[Si](C)(C)CC)CO[Si](C)(C)CC(C)(C)C[Si](C)(C)C. The Bertz CT molecular complexity index is 508. The topological polar surface area (TPSA) is 27.7 Å². The third-order valence-electron chi connectivity index (χ3n) is 6.67. The molecular formula is C23H58O3Si5. The minimum Gasteiger partial charge on any atom is -0.420 e. The van der Waals surface area contributed by atoms with E-state index in [1.807, 2.05) is 0 Å². The molecule has 0 aliphatic heterocycles. The molecule has 0 radical (unpaired) electrons. The van der Waals surface area contributed by atoms with Crippen LogP contribution in [0.1, 0.15) is 34.6 Å². The molecule has 0 rings (SSSR count). The van der Waals surface area contributed by atoms with E-state index in [1.165, 1.54) is 30.2 Å². The fraction of sp³-hybridized carbons (Fsp3) is 1.00. The predicted molar refractivity (Wildman–Crippen MR) is 154 cm³/mol. The number of rotatable bonds is 16. The quantitative estimate of drug-likeness (QED) is 0.191. The Morgan fingerprint density at radius 2 is 0.871 bits per heavy atom. The zero-order valence-corrected chi connectivity index (χ0v) is 28.9. The van der Waals surface area contributed by atoms with Crippen LogP contribution < -0.4 is 0 Å². The Balaban J connectivity index is 5.43. The van der Waals surface area contributed by atoms with Gasteiger partial charge in [-0.05, 0) is 62.8 Å². The first-order valence-electron chi connectivity index (χ1n) is 12.6. The van der Waals surface area contributed by atoms with Crippen LogP contribution in [0.15, 0.2) is 0 Å². The largest absolute Gasteiger partial charge is 0.420 e. The van der Waals surface area contributed by atoms with Gasteiger partial charge in [0.1, 0.15) is 8.07 Å². The molecular weight excluding hydrogens is 465 g/mol. The lowest BCUT2D eigenvalue weighted by Crippen LogP contribution is -2.56. The van der Waals surface area contributed by atoms with Crippen LogP contribution in [0.25, 0.3) is 0 Å². The summed E-state index contributed by atoms with van der Waals surface area (Å²) in [6.07, 6.45) is 2.73. The molecule has 0 aromatic heterocycles. The monoisotopic (exact) mass is 522 g/mol. The lowest BCUT2D eigenvalue weighted by Gasteiger charge is -2.40. The van der Waals surface area contributed by atoms with Gasteiger partial charge in [0.15, 0.2) is 25.0 Å². The molecule has 0 bridgehead atoms. The molecule has 0 heterocycles. The fourth-order valence-corrected chi connectivity index (χ4v) is 19.8. The molecule has 0 unspecified atom stereocenters. The highest BCUT2D eigenvalue weighted by atomic mass is 28.4. The number of hydrogen-bond donors (Lipinski definition) is 0. The molecule has 3 nitrogen and oxygen atoms in total. The van der Waals surface area contributed by atoms with E-state index < -0.39 is 41.1 Å². The molecule has 0 amide bonds. The van der Waals surface area contributed by atoms with Crippen molar-refractivity contribution in [3.8, 4) is 0 Å². The van der Waals surface area contributed by atoms with Crippen LogP contribution in [0.5, 0.6) is 0 Å². The van der Waals surface area contributed by atoms with Crippen LogP contribution in [-0.2, 0) is 13.3 Å². The highest BCUT2D eigenvalue weighted by Gasteiger charge is 2.41. The summed E-state index contributed by atoms with van der Waals surface area (Å²) in [5.74, 6) is 0. The van der Waals surface area contributed by atoms with Crippen molar-refractivity contribution in [2.24, 2.45) is 5.41 Å². The van der Waals surface area contributed by atoms with Crippen LogP contribution in [0.2, 0.25) is 89.1 Å². The van der Waals surface area contributed by atoms with E-state index in [0.717, 1.165) is 18.7 Å². The molecule has 0 spiro atoms.